The third kappa shape index (κ3) is 4.33. The van der Waals surface area contributed by atoms with Crippen LogP contribution in [0.4, 0.5) is 5.69 Å². The molecule has 0 aromatic heterocycles. The summed E-state index contributed by atoms with van der Waals surface area (Å²) in [6.07, 6.45) is 0. The van der Waals surface area contributed by atoms with Crippen LogP contribution in [0.15, 0.2) is 42.5 Å². The number of nitro benzene ring substituents is 1. The molecule has 0 unspecified atom stereocenters. The van der Waals surface area contributed by atoms with Gasteiger partial charge in [0.15, 0.2) is 0 Å². The summed E-state index contributed by atoms with van der Waals surface area (Å²) in [5.41, 5.74) is 1.15. The molecule has 1 fully saturated rings. The second-order valence-corrected chi connectivity index (χ2v) is 6.96. The van der Waals surface area contributed by atoms with Gasteiger partial charge in [0, 0.05) is 49.9 Å². The predicted molar refractivity (Wildman–Crippen MR) is 101 cm³/mol. The number of hydrogen-bond donors (Lipinski definition) is 0. The van der Waals surface area contributed by atoms with E-state index in [9.17, 15) is 14.9 Å². The van der Waals surface area contributed by atoms with E-state index < -0.39 is 4.92 Å². The molecule has 26 heavy (non-hydrogen) atoms. The molecular formula is C18H17Cl2N3O3. The van der Waals surface area contributed by atoms with Crippen molar-refractivity contribution in [1.29, 1.82) is 0 Å². The maximum atomic E-state index is 12.7. The molecule has 8 heteroatoms. The summed E-state index contributed by atoms with van der Waals surface area (Å²) >= 11 is 12.1. The van der Waals surface area contributed by atoms with E-state index in [0.717, 1.165) is 12.1 Å². The van der Waals surface area contributed by atoms with Crippen molar-refractivity contribution in [3.63, 3.8) is 0 Å². The van der Waals surface area contributed by atoms with E-state index in [1.165, 1.54) is 18.2 Å². The van der Waals surface area contributed by atoms with Crippen molar-refractivity contribution >= 4 is 34.8 Å². The lowest BCUT2D eigenvalue weighted by atomic mass is 10.1. The number of carbonyl (C=O) groups excluding carboxylic acids is 1. The number of carbonyl (C=O) groups is 1. The van der Waals surface area contributed by atoms with E-state index in [1.807, 2.05) is 24.3 Å². The van der Waals surface area contributed by atoms with E-state index in [0.29, 0.717) is 31.2 Å². The summed E-state index contributed by atoms with van der Waals surface area (Å²) in [4.78, 5) is 27.0. The average Bonchev–Trinajstić information content (AvgIpc) is 2.62. The molecule has 6 nitrogen and oxygen atoms in total. The van der Waals surface area contributed by atoms with E-state index in [-0.39, 0.29) is 22.2 Å². The third-order valence-corrected chi connectivity index (χ3v) is 4.91. The molecule has 1 aliphatic rings. The number of halogens is 2. The van der Waals surface area contributed by atoms with E-state index in [1.54, 1.807) is 4.90 Å². The minimum absolute atomic E-state index is 0.141. The number of nitrogens with zero attached hydrogens (tertiary/aromatic N) is 3. The minimum Gasteiger partial charge on any atom is -0.336 e. The zero-order valence-electron chi connectivity index (χ0n) is 13.9. The molecule has 136 valence electrons. The number of amides is 1. The van der Waals surface area contributed by atoms with Gasteiger partial charge in [0.05, 0.1) is 15.5 Å². The number of nitro groups is 1. The van der Waals surface area contributed by atoms with E-state index in [2.05, 4.69) is 4.90 Å². The van der Waals surface area contributed by atoms with Gasteiger partial charge >= 0.3 is 0 Å². The van der Waals surface area contributed by atoms with Crippen LogP contribution in [-0.2, 0) is 6.54 Å². The Morgan fingerprint density at radius 1 is 1.08 bits per heavy atom. The lowest BCUT2D eigenvalue weighted by Crippen LogP contribution is -2.48. The molecule has 0 radical (unpaired) electrons. The van der Waals surface area contributed by atoms with Gasteiger partial charge in [-0.15, -0.1) is 0 Å². The summed E-state index contributed by atoms with van der Waals surface area (Å²) in [7, 11) is 0. The van der Waals surface area contributed by atoms with Gasteiger partial charge in [-0.25, -0.2) is 0 Å². The van der Waals surface area contributed by atoms with Gasteiger partial charge < -0.3 is 4.90 Å². The van der Waals surface area contributed by atoms with Crippen LogP contribution in [0.25, 0.3) is 0 Å². The minimum atomic E-state index is -0.532. The second kappa shape index (κ2) is 8.03. The summed E-state index contributed by atoms with van der Waals surface area (Å²) < 4.78 is 0. The number of non-ortho nitro benzene ring substituents is 1. The smallest absolute Gasteiger partial charge is 0.270 e. The molecular weight excluding hydrogens is 377 g/mol. The third-order valence-electron chi connectivity index (χ3n) is 4.35. The van der Waals surface area contributed by atoms with Crippen LogP contribution < -0.4 is 0 Å². The lowest BCUT2D eigenvalue weighted by Gasteiger charge is -2.35. The molecule has 3 rings (SSSR count). The Kier molecular flexibility index (Phi) is 5.76. The van der Waals surface area contributed by atoms with Crippen LogP contribution in [0.2, 0.25) is 10.0 Å². The van der Waals surface area contributed by atoms with Crippen molar-refractivity contribution < 1.29 is 9.72 Å². The molecule has 2 aromatic rings. The number of hydrogen-bond acceptors (Lipinski definition) is 4. The molecule has 0 spiro atoms. The first-order valence-corrected chi connectivity index (χ1v) is 8.89. The zero-order chi connectivity index (χ0) is 18.7. The van der Waals surface area contributed by atoms with E-state index in [4.69, 9.17) is 23.2 Å². The van der Waals surface area contributed by atoms with Gasteiger partial charge in [-0.3, -0.25) is 19.8 Å². The molecule has 0 bridgehead atoms. The Balaban J connectivity index is 1.63. The fourth-order valence-corrected chi connectivity index (χ4v) is 3.37. The predicted octanol–water partition coefficient (Wildman–Crippen LogP) is 3.86. The zero-order valence-corrected chi connectivity index (χ0v) is 15.4. The standard InChI is InChI=1S/C18H17Cl2N3O3/c19-14-3-1-2-13(10-14)12-21-6-8-22(9-7-21)18(24)16-11-15(23(25)26)4-5-17(16)20/h1-5,10-11H,6-9,12H2. The first-order valence-electron chi connectivity index (χ1n) is 8.14. The van der Waals surface area contributed by atoms with Crippen molar-refractivity contribution in [3.05, 3.63) is 73.8 Å². The molecule has 0 saturated carbocycles. The van der Waals surface area contributed by atoms with Crippen molar-refractivity contribution in [3.8, 4) is 0 Å². The number of piperazine rings is 1. The summed E-state index contributed by atoms with van der Waals surface area (Å²) in [6.45, 7) is 3.27. The van der Waals surface area contributed by atoms with Crippen LogP contribution in [0.1, 0.15) is 15.9 Å². The number of rotatable bonds is 4. The van der Waals surface area contributed by atoms with Crippen molar-refractivity contribution in [2.45, 2.75) is 6.54 Å². The Hall–Kier alpha value is -2.15. The topological polar surface area (TPSA) is 66.7 Å². The largest absolute Gasteiger partial charge is 0.336 e. The highest BCUT2D eigenvalue weighted by atomic mass is 35.5. The SMILES string of the molecule is O=C(c1cc([N+](=O)[O-])ccc1Cl)N1CCN(Cc2cccc(Cl)c2)CC1. The van der Waals surface area contributed by atoms with Crippen LogP contribution in [0, 0.1) is 10.1 Å². The number of benzene rings is 2. The first-order chi connectivity index (χ1) is 12.4. The molecule has 0 aliphatic carbocycles. The molecule has 1 amide bonds. The lowest BCUT2D eigenvalue weighted by molar-refractivity contribution is -0.384. The molecule has 1 aliphatic heterocycles. The first kappa shape index (κ1) is 18.6. The van der Waals surface area contributed by atoms with Gasteiger partial charge in [0.25, 0.3) is 11.6 Å². The molecule has 1 heterocycles. The average molecular weight is 394 g/mol. The van der Waals surface area contributed by atoms with Crippen LogP contribution in [0.3, 0.4) is 0 Å². The van der Waals surface area contributed by atoms with Gasteiger partial charge in [0.1, 0.15) is 0 Å². The fourth-order valence-electron chi connectivity index (χ4n) is 2.96. The monoisotopic (exact) mass is 393 g/mol. The highest BCUT2D eigenvalue weighted by Crippen LogP contribution is 2.24. The van der Waals surface area contributed by atoms with E-state index >= 15 is 0 Å². The van der Waals surface area contributed by atoms with Gasteiger partial charge in [-0.05, 0) is 23.8 Å². The Bertz CT molecular complexity index is 836. The highest BCUT2D eigenvalue weighted by molar-refractivity contribution is 6.34. The maximum absolute atomic E-state index is 12.7. The summed E-state index contributed by atoms with van der Waals surface area (Å²) in [5.74, 6) is -0.277. The molecule has 0 atom stereocenters. The van der Waals surface area contributed by atoms with Gasteiger partial charge in [-0.1, -0.05) is 35.3 Å². The highest BCUT2D eigenvalue weighted by Gasteiger charge is 2.25. The van der Waals surface area contributed by atoms with Crippen LogP contribution >= 0.6 is 23.2 Å². The van der Waals surface area contributed by atoms with Crippen LogP contribution in [0.5, 0.6) is 0 Å². The molecule has 0 N–H and O–H groups in total. The van der Waals surface area contributed by atoms with Crippen molar-refractivity contribution in [2.75, 3.05) is 26.2 Å². The van der Waals surface area contributed by atoms with Gasteiger partial charge in [0.2, 0.25) is 0 Å². The van der Waals surface area contributed by atoms with Crippen molar-refractivity contribution in [1.82, 2.24) is 9.80 Å². The Labute approximate surface area is 161 Å². The normalized spacial score (nSPS) is 15.1. The Morgan fingerprint density at radius 2 is 1.81 bits per heavy atom. The maximum Gasteiger partial charge on any atom is 0.270 e. The quantitative estimate of drug-likeness (QED) is 0.584. The summed E-state index contributed by atoms with van der Waals surface area (Å²) in [6, 6.07) is 11.6. The second-order valence-electron chi connectivity index (χ2n) is 6.12. The molecule has 2 aromatic carbocycles. The fraction of sp³-hybridized carbons (Fsp3) is 0.278. The molecule has 1 saturated heterocycles. The summed E-state index contributed by atoms with van der Waals surface area (Å²) in [5, 5.41) is 11.9. The van der Waals surface area contributed by atoms with Gasteiger partial charge in [-0.2, -0.15) is 0 Å². The van der Waals surface area contributed by atoms with Crippen molar-refractivity contribution in [2.24, 2.45) is 0 Å². The Morgan fingerprint density at radius 3 is 2.46 bits per heavy atom. The van der Waals surface area contributed by atoms with Crippen LogP contribution in [-0.4, -0.2) is 46.8 Å².